The average Bonchev–Trinajstić information content (AvgIpc) is 2.92. The molecule has 24 heavy (non-hydrogen) atoms. The first-order valence-electron chi connectivity index (χ1n) is 7.78. The third-order valence-corrected chi connectivity index (χ3v) is 5.70. The summed E-state index contributed by atoms with van der Waals surface area (Å²) in [5.41, 5.74) is 7.91. The smallest absolute Gasteiger partial charge is 0.251 e. The van der Waals surface area contributed by atoms with Crippen molar-refractivity contribution in [1.29, 1.82) is 0 Å². The Morgan fingerprint density at radius 3 is 2.58 bits per heavy atom. The third kappa shape index (κ3) is 3.79. The molecule has 0 saturated carbocycles. The number of hydrogen-bond acceptors (Lipinski definition) is 4. The van der Waals surface area contributed by atoms with E-state index < -0.39 is 5.91 Å². The van der Waals surface area contributed by atoms with Crippen molar-refractivity contribution in [1.82, 2.24) is 0 Å². The average molecular weight is 408 g/mol. The maximum absolute atomic E-state index is 12.2. The van der Waals surface area contributed by atoms with E-state index in [4.69, 9.17) is 5.73 Å². The fourth-order valence-electron chi connectivity index (χ4n) is 2.84. The zero-order valence-electron chi connectivity index (χ0n) is 13.0. The number of rotatable bonds is 5. The SMILES string of the molecule is NC(=O)c1c(NC(=O)CNc2ccc(Br)cc2)sc2c1CCCC2. The predicted molar refractivity (Wildman–Crippen MR) is 101 cm³/mol. The number of carbonyl (C=O) groups is 2. The van der Waals surface area contributed by atoms with Gasteiger partial charge in [-0.15, -0.1) is 11.3 Å². The van der Waals surface area contributed by atoms with Crippen LogP contribution in [0.1, 0.15) is 33.6 Å². The Morgan fingerprint density at radius 2 is 1.88 bits per heavy atom. The number of anilines is 2. The normalized spacial score (nSPS) is 13.2. The fraction of sp³-hybridized carbons (Fsp3) is 0.294. The fourth-order valence-corrected chi connectivity index (χ4v) is 4.41. The Bertz CT molecular complexity index is 771. The highest BCUT2D eigenvalue weighted by Gasteiger charge is 2.24. The number of carbonyl (C=O) groups excluding carboxylic acids is 2. The Balaban J connectivity index is 1.69. The second-order valence-electron chi connectivity index (χ2n) is 5.69. The van der Waals surface area contributed by atoms with Crippen molar-refractivity contribution in [2.75, 3.05) is 17.2 Å². The van der Waals surface area contributed by atoms with Crippen LogP contribution in [0.25, 0.3) is 0 Å². The number of primary amides is 1. The Labute approximate surface area is 152 Å². The van der Waals surface area contributed by atoms with E-state index in [9.17, 15) is 9.59 Å². The first-order valence-corrected chi connectivity index (χ1v) is 9.39. The molecule has 0 radical (unpaired) electrons. The number of amides is 2. The predicted octanol–water partition coefficient (Wildman–Crippen LogP) is 3.54. The van der Waals surface area contributed by atoms with Crippen LogP contribution < -0.4 is 16.4 Å². The summed E-state index contributed by atoms with van der Waals surface area (Å²) < 4.78 is 0.979. The molecule has 0 fully saturated rings. The van der Waals surface area contributed by atoms with Gasteiger partial charge >= 0.3 is 0 Å². The number of fused-ring (bicyclic) bond motifs is 1. The summed E-state index contributed by atoms with van der Waals surface area (Å²) >= 11 is 4.85. The Hall–Kier alpha value is -1.86. The first kappa shape index (κ1) is 17.0. The van der Waals surface area contributed by atoms with Crippen LogP contribution in [0.5, 0.6) is 0 Å². The molecule has 0 aliphatic heterocycles. The lowest BCUT2D eigenvalue weighted by Crippen LogP contribution is -2.23. The number of thiophene rings is 1. The highest BCUT2D eigenvalue weighted by Crippen LogP contribution is 2.37. The van der Waals surface area contributed by atoms with Crippen LogP contribution in [0.2, 0.25) is 0 Å². The monoisotopic (exact) mass is 407 g/mol. The van der Waals surface area contributed by atoms with E-state index in [1.54, 1.807) is 0 Å². The summed E-state index contributed by atoms with van der Waals surface area (Å²) in [5.74, 6) is -0.662. The maximum Gasteiger partial charge on any atom is 0.251 e. The quantitative estimate of drug-likeness (QED) is 0.708. The van der Waals surface area contributed by atoms with Crippen molar-refractivity contribution in [2.24, 2.45) is 5.73 Å². The molecule has 0 unspecified atom stereocenters. The summed E-state index contributed by atoms with van der Waals surface area (Å²) in [7, 11) is 0. The number of benzene rings is 1. The van der Waals surface area contributed by atoms with Crippen LogP contribution in [-0.4, -0.2) is 18.4 Å². The summed E-state index contributed by atoms with van der Waals surface area (Å²) in [4.78, 5) is 25.2. The summed E-state index contributed by atoms with van der Waals surface area (Å²) in [6.45, 7) is 0.127. The molecule has 7 heteroatoms. The van der Waals surface area contributed by atoms with Crippen LogP contribution in [0.15, 0.2) is 28.7 Å². The van der Waals surface area contributed by atoms with Crippen LogP contribution in [0, 0.1) is 0 Å². The molecule has 2 aromatic rings. The van der Waals surface area contributed by atoms with E-state index in [0.29, 0.717) is 10.6 Å². The number of nitrogens with one attached hydrogen (secondary N) is 2. The topological polar surface area (TPSA) is 84.2 Å². The highest BCUT2D eigenvalue weighted by atomic mass is 79.9. The molecule has 0 saturated heterocycles. The van der Waals surface area contributed by atoms with Crippen LogP contribution in [0.3, 0.4) is 0 Å². The molecule has 0 spiro atoms. The molecule has 5 nitrogen and oxygen atoms in total. The van der Waals surface area contributed by atoms with E-state index in [-0.39, 0.29) is 12.5 Å². The van der Waals surface area contributed by atoms with Gasteiger partial charge in [0.15, 0.2) is 0 Å². The largest absolute Gasteiger partial charge is 0.376 e. The van der Waals surface area contributed by atoms with Crippen LogP contribution in [0.4, 0.5) is 10.7 Å². The number of hydrogen-bond donors (Lipinski definition) is 3. The summed E-state index contributed by atoms with van der Waals surface area (Å²) in [6, 6.07) is 7.57. The minimum Gasteiger partial charge on any atom is -0.376 e. The Kier molecular flexibility index (Phi) is 5.20. The van der Waals surface area contributed by atoms with Gasteiger partial charge in [-0.05, 0) is 55.5 Å². The molecule has 1 aliphatic carbocycles. The van der Waals surface area contributed by atoms with Crippen molar-refractivity contribution in [3.8, 4) is 0 Å². The van der Waals surface area contributed by atoms with Gasteiger partial charge in [-0.3, -0.25) is 9.59 Å². The molecule has 1 aromatic heterocycles. The minimum atomic E-state index is -0.467. The maximum atomic E-state index is 12.2. The summed E-state index contributed by atoms with van der Waals surface area (Å²) in [5, 5.41) is 6.48. The molecule has 4 N–H and O–H groups in total. The number of nitrogens with two attached hydrogens (primary N) is 1. The van der Waals surface area contributed by atoms with E-state index in [1.807, 2.05) is 24.3 Å². The standard InChI is InChI=1S/C17H18BrN3O2S/c18-10-5-7-11(8-6-10)20-9-14(22)21-17-15(16(19)23)12-3-1-2-4-13(12)24-17/h5-8,20H,1-4,9H2,(H2,19,23)(H,21,22). The van der Waals surface area contributed by atoms with Crippen molar-refractivity contribution < 1.29 is 9.59 Å². The lowest BCUT2D eigenvalue weighted by molar-refractivity contribution is -0.114. The van der Waals surface area contributed by atoms with E-state index in [0.717, 1.165) is 41.4 Å². The van der Waals surface area contributed by atoms with Crippen LogP contribution in [-0.2, 0) is 17.6 Å². The van der Waals surface area contributed by atoms with Crippen LogP contribution >= 0.6 is 27.3 Å². The number of halogens is 1. The van der Waals surface area contributed by atoms with Crippen molar-refractivity contribution in [2.45, 2.75) is 25.7 Å². The van der Waals surface area contributed by atoms with Gasteiger partial charge in [0, 0.05) is 15.0 Å². The van der Waals surface area contributed by atoms with Gasteiger partial charge in [-0.2, -0.15) is 0 Å². The zero-order valence-corrected chi connectivity index (χ0v) is 15.4. The summed E-state index contributed by atoms with van der Waals surface area (Å²) in [6.07, 6.45) is 3.98. The molecule has 0 atom stereocenters. The molecule has 1 heterocycles. The lowest BCUT2D eigenvalue weighted by Gasteiger charge is -2.11. The van der Waals surface area contributed by atoms with Gasteiger partial charge in [0.2, 0.25) is 5.91 Å². The first-order chi connectivity index (χ1) is 11.5. The second kappa shape index (κ2) is 7.36. The molecule has 2 amide bonds. The van der Waals surface area contributed by atoms with Gasteiger partial charge in [0.25, 0.3) is 5.91 Å². The molecular weight excluding hydrogens is 390 g/mol. The van der Waals surface area contributed by atoms with Gasteiger partial charge < -0.3 is 16.4 Å². The number of aryl methyl sites for hydroxylation is 1. The molecule has 1 aromatic carbocycles. The highest BCUT2D eigenvalue weighted by molar-refractivity contribution is 9.10. The van der Waals surface area contributed by atoms with Gasteiger partial charge in [0.1, 0.15) is 5.00 Å². The Morgan fingerprint density at radius 1 is 1.17 bits per heavy atom. The minimum absolute atomic E-state index is 0.127. The van der Waals surface area contributed by atoms with Crippen molar-refractivity contribution in [3.05, 3.63) is 44.7 Å². The van der Waals surface area contributed by atoms with Gasteiger partial charge in [0.05, 0.1) is 12.1 Å². The molecule has 1 aliphatic rings. The van der Waals surface area contributed by atoms with E-state index >= 15 is 0 Å². The van der Waals surface area contributed by atoms with E-state index in [1.165, 1.54) is 16.2 Å². The zero-order chi connectivity index (χ0) is 17.1. The molecular formula is C17H18BrN3O2S. The lowest BCUT2D eigenvalue weighted by atomic mass is 9.95. The molecule has 0 bridgehead atoms. The van der Waals surface area contributed by atoms with Gasteiger partial charge in [-0.25, -0.2) is 0 Å². The van der Waals surface area contributed by atoms with Crippen molar-refractivity contribution >= 4 is 49.8 Å². The second-order valence-corrected chi connectivity index (χ2v) is 7.71. The van der Waals surface area contributed by atoms with Crippen molar-refractivity contribution in [3.63, 3.8) is 0 Å². The van der Waals surface area contributed by atoms with Gasteiger partial charge in [-0.1, -0.05) is 15.9 Å². The molecule has 126 valence electrons. The molecule has 3 rings (SSSR count). The van der Waals surface area contributed by atoms with E-state index in [2.05, 4.69) is 26.6 Å². The third-order valence-electron chi connectivity index (χ3n) is 3.97.